The molecule has 3 heteroatoms. The summed E-state index contributed by atoms with van der Waals surface area (Å²) in [7, 11) is 0. The number of hydrogen-bond donors (Lipinski definition) is 0. The average Bonchev–Trinajstić information content (AvgIpc) is 2.47. The Labute approximate surface area is 82.3 Å². The van der Waals surface area contributed by atoms with Crippen molar-refractivity contribution >= 4 is 23.2 Å². The summed E-state index contributed by atoms with van der Waals surface area (Å²) in [5.74, 6) is 0.213. The number of aryl methyl sites for hydroxylation is 1. The van der Waals surface area contributed by atoms with E-state index in [-0.39, 0.29) is 11.7 Å². The first-order valence-electron chi connectivity index (χ1n) is 4.23. The summed E-state index contributed by atoms with van der Waals surface area (Å²) >= 11 is 1.55. The van der Waals surface area contributed by atoms with Gasteiger partial charge in [-0.05, 0) is 19.1 Å². The summed E-state index contributed by atoms with van der Waals surface area (Å²) < 4.78 is 0. The van der Waals surface area contributed by atoms with Crippen LogP contribution >= 0.6 is 11.3 Å². The van der Waals surface area contributed by atoms with Crippen molar-refractivity contribution in [3.05, 3.63) is 22.2 Å². The third-order valence-corrected chi connectivity index (χ3v) is 2.52. The van der Waals surface area contributed by atoms with Crippen molar-refractivity contribution in [2.24, 2.45) is 5.92 Å². The van der Waals surface area contributed by atoms with Crippen LogP contribution in [0, 0.1) is 12.8 Å². The van der Waals surface area contributed by atoms with Gasteiger partial charge in [-0.15, -0.1) is 11.3 Å². The van der Waals surface area contributed by atoms with Crippen molar-refractivity contribution in [1.29, 1.82) is 0 Å². The lowest BCUT2D eigenvalue weighted by Gasteiger charge is -1.94. The first-order valence-corrected chi connectivity index (χ1v) is 5.11. The van der Waals surface area contributed by atoms with E-state index in [1.807, 2.05) is 26.2 Å². The van der Waals surface area contributed by atoms with Crippen LogP contribution in [0.4, 0.5) is 0 Å². The van der Waals surface area contributed by atoms with Gasteiger partial charge in [-0.1, -0.05) is 13.8 Å². The van der Waals surface area contributed by atoms with E-state index in [1.165, 1.54) is 0 Å². The molecule has 0 aliphatic heterocycles. The molecule has 0 aliphatic rings. The van der Waals surface area contributed by atoms with Crippen LogP contribution in [0.5, 0.6) is 0 Å². The van der Waals surface area contributed by atoms with Crippen LogP contribution < -0.4 is 0 Å². The first-order chi connectivity index (χ1) is 6.09. The maximum atomic E-state index is 11.2. The SMILES string of the molecule is Cc1csc(/C=C/C(=O)C(C)C)n1. The Morgan fingerprint density at radius 1 is 1.62 bits per heavy atom. The molecule has 0 saturated heterocycles. The number of carbonyl (C=O) groups is 1. The van der Waals surface area contributed by atoms with Crippen molar-refractivity contribution < 1.29 is 4.79 Å². The van der Waals surface area contributed by atoms with Gasteiger partial charge in [0.25, 0.3) is 0 Å². The van der Waals surface area contributed by atoms with Gasteiger partial charge in [0.1, 0.15) is 5.01 Å². The van der Waals surface area contributed by atoms with Crippen molar-refractivity contribution in [2.45, 2.75) is 20.8 Å². The highest BCUT2D eigenvalue weighted by atomic mass is 32.1. The fourth-order valence-corrected chi connectivity index (χ4v) is 1.48. The van der Waals surface area contributed by atoms with Gasteiger partial charge in [-0.3, -0.25) is 4.79 Å². The lowest BCUT2D eigenvalue weighted by atomic mass is 10.1. The normalized spacial score (nSPS) is 11.4. The maximum Gasteiger partial charge on any atom is 0.158 e. The molecule has 0 spiro atoms. The fraction of sp³-hybridized carbons (Fsp3) is 0.400. The van der Waals surface area contributed by atoms with E-state index in [9.17, 15) is 4.79 Å². The number of nitrogens with zero attached hydrogens (tertiary/aromatic N) is 1. The van der Waals surface area contributed by atoms with Gasteiger partial charge in [-0.25, -0.2) is 4.98 Å². The number of carbonyl (C=O) groups excluding carboxylic acids is 1. The molecule has 0 saturated carbocycles. The monoisotopic (exact) mass is 195 g/mol. The standard InChI is InChI=1S/C10H13NOS/c1-7(2)9(12)4-5-10-11-8(3)6-13-10/h4-7H,1-3H3/b5-4+. The smallest absolute Gasteiger partial charge is 0.158 e. The van der Waals surface area contributed by atoms with Crippen LogP contribution in [-0.2, 0) is 4.79 Å². The maximum absolute atomic E-state index is 11.2. The summed E-state index contributed by atoms with van der Waals surface area (Å²) in [4.78, 5) is 15.4. The van der Waals surface area contributed by atoms with Gasteiger partial charge in [0.05, 0.1) is 0 Å². The van der Waals surface area contributed by atoms with Crippen molar-refractivity contribution in [2.75, 3.05) is 0 Å². The second-order valence-electron chi connectivity index (χ2n) is 3.22. The van der Waals surface area contributed by atoms with E-state index in [4.69, 9.17) is 0 Å². The molecule has 0 bridgehead atoms. The molecule has 0 N–H and O–H groups in total. The predicted octanol–water partition coefficient (Wildman–Crippen LogP) is 2.69. The zero-order chi connectivity index (χ0) is 9.84. The summed E-state index contributed by atoms with van der Waals surface area (Å²) in [5, 5.41) is 2.87. The molecule has 1 rings (SSSR count). The molecule has 0 atom stereocenters. The topological polar surface area (TPSA) is 30.0 Å². The van der Waals surface area contributed by atoms with E-state index in [1.54, 1.807) is 23.5 Å². The van der Waals surface area contributed by atoms with Crippen LogP contribution in [0.15, 0.2) is 11.5 Å². The highest BCUT2D eigenvalue weighted by Crippen LogP contribution is 2.10. The van der Waals surface area contributed by atoms with Crippen molar-refractivity contribution in [1.82, 2.24) is 4.98 Å². The quantitative estimate of drug-likeness (QED) is 0.694. The number of hydrogen-bond acceptors (Lipinski definition) is 3. The molecule has 0 aliphatic carbocycles. The third-order valence-electron chi connectivity index (χ3n) is 1.60. The van der Waals surface area contributed by atoms with Crippen molar-refractivity contribution in [3.8, 4) is 0 Å². The Kier molecular flexibility index (Phi) is 3.37. The third kappa shape index (κ3) is 3.11. The number of thiazole rings is 1. The Bertz CT molecular complexity index is 325. The lowest BCUT2D eigenvalue weighted by molar-refractivity contribution is -0.117. The van der Waals surface area contributed by atoms with Crippen LogP contribution in [0.2, 0.25) is 0 Å². The molecule has 13 heavy (non-hydrogen) atoms. The second-order valence-corrected chi connectivity index (χ2v) is 4.11. The highest BCUT2D eigenvalue weighted by molar-refractivity contribution is 7.10. The van der Waals surface area contributed by atoms with Crippen molar-refractivity contribution in [3.63, 3.8) is 0 Å². The van der Waals surface area contributed by atoms with Gasteiger partial charge in [-0.2, -0.15) is 0 Å². The van der Waals surface area contributed by atoms with Gasteiger partial charge < -0.3 is 0 Å². The Morgan fingerprint density at radius 2 is 2.31 bits per heavy atom. The second kappa shape index (κ2) is 4.33. The summed E-state index contributed by atoms with van der Waals surface area (Å²) in [6.07, 6.45) is 3.38. The first kappa shape index (κ1) is 10.1. The largest absolute Gasteiger partial charge is 0.295 e. The number of rotatable bonds is 3. The van der Waals surface area contributed by atoms with Crippen LogP contribution in [0.1, 0.15) is 24.5 Å². The lowest BCUT2D eigenvalue weighted by Crippen LogP contribution is -2.01. The molecule has 1 aromatic rings. The Morgan fingerprint density at radius 3 is 2.77 bits per heavy atom. The number of allylic oxidation sites excluding steroid dienone is 1. The number of ketones is 1. The molecular formula is C10H13NOS. The molecule has 1 aromatic heterocycles. The fourth-order valence-electron chi connectivity index (χ4n) is 0.795. The zero-order valence-electron chi connectivity index (χ0n) is 8.07. The minimum absolute atomic E-state index is 0.0670. The average molecular weight is 195 g/mol. The molecule has 0 radical (unpaired) electrons. The molecule has 0 aromatic carbocycles. The van der Waals surface area contributed by atoms with Crippen LogP contribution in [0.3, 0.4) is 0 Å². The molecule has 70 valence electrons. The van der Waals surface area contributed by atoms with Gasteiger partial charge in [0.2, 0.25) is 0 Å². The van der Waals surface area contributed by atoms with Crippen LogP contribution in [0.25, 0.3) is 6.08 Å². The van der Waals surface area contributed by atoms with Gasteiger partial charge >= 0.3 is 0 Å². The van der Waals surface area contributed by atoms with E-state index in [0.29, 0.717) is 0 Å². The van der Waals surface area contributed by atoms with E-state index in [0.717, 1.165) is 10.7 Å². The highest BCUT2D eigenvalue weighted by Gasteiger charge is 2.02. The molecule has 0 unspecified atom stereocenters. The minimum atomic E-state index is 0.0670. The van der Waals surface area contributed by atoms with Crippen LogP contribution in [-0.4, -0.2) is 10.8 Å². The van der Waals surface area contributed by atoms with E-state index in [2.05, 4.69) is 4.98 Å². The number of aromatic nitrogens is 1. The van der Waals surface area contributed by atoms with Gasteiger partial charge in [0.15, 0.2) is 5.78 Å². The molecule has 2 nitrogen and oxygen atoms in total. The molecule has 1 heterocycles. The molecule has 0 fully saturated rings. The Balaban J connectivity index is 2.64. The van der Waals surface area contributed by atoms with E-state index < -0.39 is 0 Å². The minimum Gasteiger partial charge on any atom is -0.295 e. The summed E-state index contributed by atoms with van der Waals surface area (Å²) in [6.45, 7) is 5.72. The Hall–Kier alpha value is -0.960. The predicted molar refractivity (Wildman–Crippen MR) is 55.7 cm³/mol. The van der Waals surface area contributed by atoms with Gasteiger partial charge in [0, 0.05) is 17.0 Å². The van der Waals surface area contributed by atoms with E-state index >= 15 is 0 Å². The zero-order valence-corrected chi connectivity index (χ0v) is 8.89. The summed E-state index contributed by atoms with van der Waals surface area (Å²) in [6, 6.07) is 0. The summed E-state index contributed by atoms with van der Waals surface area (Å²) in [5.41, 5.74) is 1.00. The molecular weight excluding hydrogens is 182 g/mol. The molecule has 0 amide bonds.